The molecule has 4 aliphatic carbocycles. The Morgan fingerprint density at radius 3 is 1.55 bits per heavy atom. The summed E-state index contributed by atoms with van der Waals surface area (Å²) in [5.74, 6) is 0.903. The van der Waals surface area contributed by atoms with Gasteiger partial charge in [-0.3, -0.25) is 9.80 Å². The highest BCUT2D eigenvalue weighted by atomic mass is 32.2. The first-order chi connectivity index (χ1) is 26.6. The Morgan fingerprint density at radius 1 is 0.732 bits per heavy atom. The van der Waals surface area contributed by atoms with Crippen LogP contribution >= 0.6 is 0 Å². The number of ether oxygens (including phenoxy) is 1. The molecule has 0 spiro atoms. The molecule has 8 rings (SSSR count). The molecule has 6 aliphatic rings. The van der Waals surface area contributed by atoms with Crippen LogP contribution in [0.3, 0.4) is 0 Å². The van der Waals surface area contributed by atoms with Crippen molar-refractivity contribution in [2.75, 3.05) is 85.9 Å². The minimum Gasteiger partial charge on any atom is -0.387 e. The van der Waals surface area contributed by atoms with Crippen molar-refractivity contribution in [3.8, 4) is 12.0 Å². The van der Waals surface area contributed by atoms with E-state index >= 15 is 0 Å². The van der Waals surface area contributed by atoms with E-state index in [1.807, 2.05) is 34.4 Å². The van der Waals surface area contributed by atoms with Gasteiger partial charge in [-0.1, -0.05) is 12.1 Å². The number of urea groups is 1. The van der Waals surface area contributed by atoms with Crippen molar-refractivity contribution in [1.82, 2.24) is 24.3 Å². The molecule has 0 saturated carbocycles. The summed E-state index contributed by atoms with van der Waals surface area (Å²) < 4.78 is 54.2. The second-order valence-corrected chi connectivity index (χ2v) is 20.5. The lowest BCUT2D eigenvalue weighted by molar-refractivity contribution is 0.167. The molecule has 0 radical (unpaired) electrons. The van der Waals surface area contributed by atoms with Crippen molar-refractivity contribution in [3.05, 3.63) is 56.6 Å². The fourth-order valence-corrected chi connectivity index (χ4v) is 10.9. The lowest BCUT2D eigenvalue weighted by Crippen LogP contribution is -2.59. The van der Waals surface area contributed by atoms with Gasteiger partial charge in [-0.05, 0) is 150 Å². The highest BCUT2D eigenvalue weighted by Crippen LogP contribution is 2.40. The smallest absolute Gasteiger partial charge is 0.332 e. The fraction of sp³-hybridized carbons (Fsp3) is 0.650. The summed E-state index contributed by atoms with van der Waals surface area (Å²) >= 11 is 0. The average Bonchev–Trinajstić information content (AvgIpc) is 3.90. The summed E-state index contributed by atoms with van der Waals surface area (Å²) in [5, 5.41) is 15.7. The Hall–Kier alpha value is -3.30. The summed E-state index contributed by atoms with van der Waals surface area (Å²) in [6.07, 6.45) is 14.9. The molecule has 2 amide bonds. The number of hydrogen-bond donors (Lipinski definition) is 3. The molecule has 56 heavy (non-hydrogen) atoms. The molecule has 14 nitrogen and oxygen atoms in total. The zero-order chi connectivity index (χ0) is 40.2. The van der Waals surface area contributed by atoms with Gasteiger partial charge in [0.2, 0.25) is 20.0 Å². The van der Waals surface area contributed by atoms with Crippen LogP contribution in [0.1, 0.15) is 70.2 Å². The molecule has 308 valence electrons. The van der Waals surface area contributed by atoms with Crippen LogP contribution in [-0.2, 0) is 71.4 Å². The third kappa shape index (κ3) is 10.2. The zero-order valence-electron chi connectivity index (χ0n) is 33.5. The van der Waals surface area contributed by atoms with Crippen LogP contribution in [0.25, 0.3) is 0 Å². The summed E-state index contributed by atoms with van der Waals surface area (Å²) in [7, 11) is 1.04. The summed E-state index contributed by atoms with van der Waals surface area (Å²) in [5.41, 5.74) is 11.3. The van der Waals surface area contributed by atoms with E-state index in [-0.39, 0.29) is 5.25 Å². The maximum absolute atomic E-state index is 12.6. The number of carbonyl (C=O) groups excluding carboxylic acids is 1. The van der Waals surface area contributed by atoms with Gasteiger partial charge in [-0.2, -0.15) is 0 Å². The van der Waals surface area contributed by atoms with Gasteiger partial charge in [-0.25, -0.2) is 31.5 Å². The molecule has 2 saturated heterocycles. The quantitative estimate of drug-likeness (QED) is 0.284. The number of aryl methyl sites for hydroxylation is 4. The van der Waals surface area contributed by atoms with Crippen LogP contribution in [0.4, 0.5) is 10.5 Å². The van der Waals surface area contributed by atoms with Crippen LogP contribution in [0.2, 0.25) is 0 Å². The molecular weight excluding hydrogens is 753 g/mol. The molecule has 4 N–H and O–H groups in total. The van der Waals surface area contributed by atoms with Gasteiger partial charge >= 0.3 is 6.03 Å². The van der Waals surface area contributed by atoms with Gasteiger partial charge in [0.15, 0.2) is 0 Å². The first-order valence-electron chi connectivity index (χ1n) is 20.1. The second-order valence-electron chi connectivity index (χ2n) is 16.7. The molecule has 2 aliphatic heterocycles. The van der Waals surface area contributed by atoms with E-state index in [0.29, 0.717) is 26.2 Å². The van der Waals surface area contributed by atoms with E-state index in [2.05, 4.69) is 41.8 Å². The number of nitrogens with two attached hydrogens (primary N) is 1. The van der Waals surface area contributed by atoms with Crippen molar-refractivity contribution < 1.29 is 26.4 Å². The normalized spacial score (nSPS) is 19.0. The van der Waals surface area contributed by atoms with Gasteiger partial charge in [0.1, 0.15) is 16.2 Å². The topological polar surface area (TPSA) is 181 Å². The number of rotatable bonds is 11. The Morgan fingerprint density at radius 2 is 1.14 bits per heavy atom. The van der Waals surface area contributed by atoms with Gasteiger partial charge in [0.05, 0.1) is 0 Å². The number of likely N-dealkylation sites (N-methyl/N-ethyl adjacent to an activating group) is 2. The van der Waals surface area contributed by atoms with Crippen LogP contribution in [0.5, 0.6) is 5.75 Å². The van der Waals surface area contributed by atoms with Gasteiger partial charge < -0.3 is 19.9 Å². The van der Waals surface area contributed by atoms with Gasteiger partial charge in [-0.15, -0.1) is 5.26 Å². The number of nitriles is 1. The molecule has 2 aromatic rings. The standard InChI is InChI=1S/C20H30N4O3S.C13H13NO.C7H17N3O2S/c1-23(2)9-10-24-12-16(13-24)28(26,27)22-20(25)21-19-17-7-3-5-14(17)11-15-6-4-8-18(15)19;14-8-15-13-11-5-1-3-9(11)7-10-4-2-6-12(10)13;1-9(2)3-4-10-5-7(6-10)13(8,11)12/h11,16H,3-10,12-13H2,1-2H3,(H2,21,22,25);7H,1-6H2;7H,3-6H2,1-2H3,(H2,8,11,12). The first-order valence-corrected chi connectivity index (χ1v) is 23.3. The average molecular weight is 813 g/mol. The third-order valence-electron chi connectivity index (χ3n) is 12.0. The monoisotopic (exact) mass is 812 g/mol. The number of sulfonamides is 2. The summed E-state index contributed by atoms with van der Waals surface area (Å²) in [6.45, 7) is 5.74. The van der Waals surface area contributed by atoms with Gasteiger partial charge in [0, 0.05) is 58.0 Å². The van der Waals surface area contributed by atoms with Crippen LogP contribution in [0.15, 0.2) is 12.1 Å². The van der Waals surface area contributed by atoms with E-state index < -0.39 is 31.3 Å². The van der Waals surface area contributed by atoms with Crippen molar-refractivity contribution in [1.29, 1.82) is 5.26 Å². The fourth-order valence-electron chi connectivity index (χ4n) is 8.75. The first kappa shape index (κ1) is 42.3. The predicted molar refractivity (Wildman–Crippen MR) is 219 cm³/mol. The largest absolute Gasteiger partial charge is 0.387 e. The van der Waals surface area contributed by atoms with E-state index in [0.717, 1.165) is 102 Å². The minimum atomic E-state index is -3.66. The van der Waals surface area contributed by atoms with Crippen LogP contribution < -0.4 is 19.9 Å². The number of primary sulfonamides is 1. The van der Waals surface area contributed by atoms with E-state index in [9.17, 15) is 21.6 Å². The maximum Gasteiger partial charge on any atom is 0.332 e. The molecule has 2 aromatic carbocycles. The Bertz CT molecular complexity index is 1960. The Kier molecular flexibility index (Phi) is 13.7. The number of carbonyl (C=O) groups is 1. The van der Waals surface area contributed by atoms with Crippen molar-refractivity contribution in [2.24, 2.45) is 5.14 Å². The van der Waals surface area contributed by atoms with E-state index in [1.165, 1.54) is 57.3 Å². The second kappa shape index (κ2) is 18.1. The van der Waals surface area contributed by atoms with Crippen molar-refractivity contribution in [3.63, 3.8) is 0 Å². The lowest BCUT2D eigenvalue weighted by atomic mass is 9.99. The summed E-state index contributed by atoms with van der Waals surface area (Å²) in [4.78, 5) is 20.9. The minimum absolute atomic E-state index is 0.338. The number of anilines is 1. The number of benzene rings is 2. The van der Waals surface area contributed by atoms with Crippen LogP contribution in [-0.4, -0.2) is 134 Å². The summed E-state index contributed by atoms with van der Waals surface area (Å²) in [6, 6.07) is 4.01. The number of nitrogens with zero attached hydrogens (tertiary/aromatic N) is 5. The number of likely N-dealkylation sites (tertiary alicyclic amines) is 2. The zero-order valence-corrected chi connectivity index (χ0v) is 35.2. The number of nitrogens with one attached hydrogen (secondary N) is 2. The Balaban J connectivity index is 0.000000159. The Labute approximate surface area is 333 Å². The van der Waals surface area contributed by atoms with Crippen LogP contribution in [0, 0.1) is 11.5 Å². The van der Waals surface area contributed by atoms with Crippen molar-refractivity contribution in [2.45, 2.75) is 87.5 Å². The SMILES string of the molecule is CN(C)CCN1CC(S(=O)(=O)NC(=O)Nc2c3c(cc4c2CCC4)CCC3)C1.CN(C)CCN1CC(S(N)(=O)=O)C1.N#COc1c2c(cc3c1CCC3)CCC2. The molecule has 0 unspecified atom stereocenters. The highest BCUT2D eigenvalue weighted by molar-refractivity contribution is 7.90. The molecule has 2 heterocycles. The van der Waals surface area contributed by atoms with Crippen molar-refractivity contribution >= 4 is 31.8 Å². The predicted octanol–water partition coefficient (Wildman–Crippen LogP) is 2.41. The number of hydrogen-bond acceptors (Lipinski definition) is 11. The number of fused-ring (bicyclic) bond motifs is 4. The molecule has 0 aromatic heterocycles. The molecule has 2 fully saturated rings. The highest BCUT2D eigenvalue weighted by Gasteiger charge is 2.38. The van der Waals surface area contributed by atoms with Gasteiger partial charge in [0.25, 0.3) is 6.26 Å². The van der Waals surface area contributed by atoms with E-state index in [1.54, 1.807) is 0 Å². The molecular formula is C40H60N8O6S2. The lowest BCUT2D eigenvalue weighted by Gasteiger charge is -2.38. The third-order valence-corrected chi connectivity index (χ3v) is 14.9. The van der Waals surface area contributed by atoms with E-state index in [4.69, 9.17) is 15.1 Å². The molecule has 0 atom stereocenters. The maximum atomic E-state index is 12.6. The molecule has 16 heteroatoms. The molecule has 0 bridgehead atoms. The number of amides is 2.